The van der Waals surface area contributed by atoms with Crippen LogP contribution in [0.15, 0.2) is 24.3 Å². The number of amides is 1. The maximum absolute atomic E-state index is 12.5. The van der Waals surface area contributed by atoms with Crippen molar-refractivity contribution in [2.24, 2.45) is 0 Å². The molecule has 0 radical (unpaired) electrons. The number of carbonyl (C=O) groups is 1. The molecule has 2 fully saturated rings. The van der Waals surface area contributed by atoms with E-state index < -0.39 is 10.5 Å². The lowest BCUT2D eigenvalue weighted by Crippen LogP contribution is -2.66. The number of morpholine rings is 1. The van der Waals surface area contributed by atoms with Gasteiger partial charge in [-0.25, -0.2) is 4.79 Å². The van der Waals surface area contributed by atoms with Crippen LogP contribution in [0.25, 0.3) is 0 Å². The summed E-state index contributed by atoms with van der Waals surface area (Å²) in [6.07, 6.45) is -0.311. The number of piperazine rings is 1. The van der Waals surface area contributed by atoms with E-state index in [0.717, 1.165) is 5.69 Å². The molecule has 2 heterocycles. The lowest BCUT2D eigenvalue weighted by atomic mass is 10.0. The van der Waals surface area contributed by atoms with E-state index in [1.54, 1.807) is 17.0 Å². The van der Waals surface area contributed by atoms with Crippen LogP contribution in [0.2, 0.25) is 0 Å². The van der Waals surface area contributed by atoms with Gasteiger partial charge in [-0.1, -0.05) is 0 Å². The van der Waals surface area contributed by atoms with Gasteiger partial charge in [-0.05, 0) is 32.9 Å². The number of non-ortho nitro benzene ring substituents is 1. The van der Waals surface area contributed by atoms with Crippen molar-refractivity contribution >= 4 is 17.5 Å². The lowest BCUT2D eigenvalue weighted by molar-refractivity contribution is -0.384. The maximum atomic E-state index is 12.5. The highest BCUT2D eigenvalue weighted by Crippen LogP contribution is 2.28. The van der Waals surface area contributed by atoms with Crippen LogP contribution >= 0.6 is 0 Å². The standard InChI is InChI=1S/C17H23N3O5/c1-17(2,3)25-16(21)19-14-8-18(9-15(19)11-24-10-14)12-4-6-13(7-5-12)20(22)23/h4-7,14-15H,8-11H2,1-3H3. The molecule has 1 amide bonds. The van der Waals surface area contributed by atoms with Crippen LogP contribution in [-0.2, 0) is 9.47 Å². The molecule has 2 unspecified atom stereocenters. The Morgan fingerprint density at radius 3 is 2.24 bits per heavy atom. The van der Waals surface area contributed by atoms with E-state index >= 15 is 0 Å². The molecule has 2 aliphatic rings. The summed E-state index contributed by atoms with van der Waals surface area (Å²) in [6, 6.07) is 6.30. The molecule has 136 valence electrons. The molecular weight excluding hydrogens is 326 g/mol. The van der Waals surface area contributed by atoms with Gasteiger partial charge in [-0.3, -0.25) is 15.0 Å². The summed E-state index contributed by atoms with van der Waals surface area (Å²) in [6.45, 7) is 7.68. The molecule has 2 saturated heterocycles. The maximum Gasteiger partial charge on any atom is 0.411 e. The van der Waals surface area contributed by atoms with E-state index in [2.05, 4.69) is 4.90 Å². The van der Waals surface area contributed by atoms with Gasteiger partial charge in [0.15, 0.2) is 0 Å². The first-order valence-electron chi connectivity index (χ1n) is 8.33. The number of nitro groups is 1. The second kappa shape index (κ2) is 6.51. The molecule has 0 saturated carbocycles. The summed E-state index contributed by atoms with van der Waals surface area (Å²) < 4.78 is 11.2. The van der Waals surface area contributed by atoms with Gasteiger partial charge in [0.05, 0.1) is 30.2 Å². The number of carbonyl (C=O) groups excluding carboxylic acids is 1. The summed E-state index contributed by atoms with van der Waals surface area (Å²) in [5.74, 6) is 0. The predicted molar refractivity (Wildman–Crippen MR) is 91.8 cm³/mol. The molecule has 1 aromatic rings. The number of hydrogen-bond acceptors (Lipinski definition) is 6. The number of ether oxygens (including phenoxy) is 2. The second-order valence-corrected chi connectivity index (χ2v) is 7.41. The third kappa shape index (κ3) is 3.84. The number of benzene rings is 1. The van der Waals surface area contributed by atoms with E-state index in [-0.39, 0.29) is 23.9 Å². The van der Waals surface area contributed by atoms with Crippen LogP contribution in [0.5, 0.6) is 0 Å². The van der Waals surface area contributed by atoms with E-state index in [1.165, 1.54) is 12.1 Å². The number of rotatable bonds is 2. The first-order chi connectivity index (χ1) is 11.7. The van der Waals surface area contributed by atoms with Gasteiger partial charge in [0.2, 0.25) is 0 Å². The predicted octanol–water partition coefficient (Wildman–Crippen LogP) is 2.42. The number of nitro benzene ring substituents is 1. The molecule has 0 aliphatic carbocycles. The minimum Gasteiger partial charge on any atom is -0.444 e. The van der Waals surface area contributed by atoms with Crippen molar-refractivity contribution in [1.29, 1.82) is 0 Å². The zero-order valence-electron chi connectivity index (χ0n) is 14.7. The molecule has 8 heteroatoms. The highest BCUT2D eigenvalue weighted by Gasteiger charge is 2.42. The zero-order valence-corrected chi connectivity index (χ0v) is 14.7. The van der Waals surface area contributed by atoms with Crippen LogP contribution in [0.4, 0.5) is 16.2 Å². The summed E-state index contributed by atoms with van der Waals surface area (Å²) >= 11 is 0. The van der Waals surface area contributed by atoms with Crippen molar-refractivity contribution in [3.05, 3.63) is 34.4 Å². The zero-order chi connectivity index (χ0) is 18.2. The van der Waals surface area contributed by atoms with Gasteiger partial charge in [-0.2, -0.15) is 0 Å². The molecule has 2 aliphatic heterocycles. The van der Waals surface area contributed by atoms with Gasteiger partial charge in [0, 0.05) is 30.9 Å². The number of nitrogens with zero attached hydrogens (tertiary/aromatic N) is 3. The highest BCUT2D eigenvalue weighted by molar-refractivity contribution is 5.70. The molecular formula is C17H23N3O5. The van der Waals surface area contributed by atoms with Crippen LogP contribution in [0, 0.1) is 10.1 Å². The molecule has 0 spiro atoms. The average Bonchev–Trinajstić information content (AvgIpc) is 2.52. The summed E-state index contributed by atoms with van der Waals surface area (Å²) in [4.78, 5) is 26.9. The average molecular weight is 349 g/mol. The van der Waals surface area contributed by atoms with Crippen molar-refractivity contribution in [3.8, 4) is 0 Å². The Labute approximate surface area is 146 Å². The van der Waals surface area contributed by atoms with E-state index in [4.69, 9.17) is 9.47 Å². The van der Waals surface area contributed by atoms with Crippen LogP contribution in [-0.4, -0.2) is 59.9 Å². The molecule has 0 N–H and O–H groups in total. The van der Waals surface area contributed by atoms with E-state index in [1.807, 2.05) is 20.8 Å². The van der Waals surface area contributed by atoms with Gasteiger partial charge in [0.25, 0.3) is 5.69 Å². The minimum atomic E-state index is -0.540. The third-order valence-corrected chi connectivity index (χ3v) is 4.30. The number of fused-ring (bicyclic) bond motifs is 2. The van der Waals surface area contributed by atoms with Crippen molar-refractivity contribution in [2.75, 3.05) is 31.2 Å². The Hall–Kier alpha value is -2.35. The van der Waals surface area contributed by atoms with Crippen molar-refractivity contribution in [3.63, 3.8) is 0 Å². The fraction of sp³-hybridized carbons (Fsp3) is 0.588. The fourth-order valence-electron chi connectivity index (χ4n) is 3.27. The quantitative estimate of drug-likeness (QED) is 0.602. The first kappa shape index (κ1) is 17.5. The molecule has 3 rings (SSSR count). The molecule has 1 aromatic carbocycles. The Bertz CT molecular complexity index is 641. The van der Waals surface area contributed by atoms with Gasteiger partial charge in [0.1, 0.15) is 5.60 Å². The van der Waals surface area contributed by atoms with Gasteiger partial charge >= 0.3 is 6.09 Å². The number of hydrogen-bond donors (Lipinski definition) is 0. The largest absolute Gasteiger partial charge is 0.444 e. The lowest BCUT2D eigenvalue weighted by Gasteiger charge is -2.50. The van der Waals surface area contributed by atoms with Gasteiger partial charge in [-0.15, -0.1) is 0 Å². The monoisotopic (exact) mass is 349 g/mol. The van der Waals surface area contributed by atoms with Crippen molar-refractivity contribution in [1.82, 2.24) is 4.90 Å². The smallest absolute Gasteiger partial charge is 0.411 e. The Balaban J connectivity index is 1.74. The first-order valence-corrected chi connectivity index (χ1v) is 8.33. The van der Waals surface area contributed by atoms with Crippen LogP contribution in [0.3, 0.4) is 0 Å². The summed E-state index contributed by atoms with van der Waals surface area (Å²) in [7, 11) is 0. The summed E-state index contributed by atoms with van der Waals surface area (Å²) in [5.41, 5.74) is 0.438. The SMILES string of the molecule is CC(C)(C)OC(=O)N1C2COCC1CN(c1ccc([N+](=O)[O-])cc1)C2. The van der Waals surface area contributed by atoms with Crippen molar-refractivity contribution < 1.29 is 19.2 Å². The van der Waals surface area contributed by atoms with Gasteiger partial charge < -0.3 is 14.4 Å². The topological polar surface area (TPSA) is 85.1 Å². The Kier molecular flexibility index (Phi) is 4.55. The summed E-state index contributed by atoms with van der Waals surface area (Å²) in [5, 5.41) is 10.8. The van der Waals surface area contributed by atoms with Crippen LogP contribution < -0.4 is 4.90 Å². The van der Waals surface area contributed by atoms with Crippen molar-refractivity contribution in [2.45, 2.75) is 38.5 Å². The third-order valence-electron chi connectivity index (χ3n) is 4.30. The highest BCUT2D eigenvalue weighted by atomic mass is 16.6. The van der Waals surface area contributed by atoms with E-state index in [0.29, 0.717) is 26.3 Å². The molecule has 8 nitrogen and oxygen atoms in total. The van der Waals surface area contributed by atoms with E-state index in [9.17, 15) is 14.9 Å². The minimum absolute atomic E-state index is 0.0691. The molecule has 25 heavy (non-hydrogen) atoms. The fourth-order valence-corrected chi connectivity index (χ4v) is 3.27. The second-order valence-electron chi connectivity index (χ2n) is 7.41. The Morgan fingerprint density at radius 1 is 1.20 bits per heavy atom. The molecule has 2 atom stereocenters. The molecule has 2 bridgehead atoms. The van der Waals surface area contributed by atoms with Crippen LogP contribution in [0.1, 0.15) is 20.8 Å². The number of anilines is 1. The normalized spacial score (nSPS) is 23.3. The molecule has 0 aromatic heterocycles. The Morgan fingerprint density at radius 2 is 1.76 bits per heavy atom.